The van der Waals surface area contributed by atoms with Gasteiger partial charge in [0.05, 0.1) is 36.8 Å². The lowest BCUT2D eigenvalue weighted by molar-refractivity contribution is 0.0663. The SMILES string of the molecule is CCOc1cc(C2c3c(oc4ccc(Cl)cc4c3=O)C(=O)N2CCOC)ccc1OCCC(C)C. The van der Waals surface area contributed by atoms with Gasteiger partial charge in [-0.25, -0.2) is 0 Å². The maximum atomic E-state index is 13.6. The van der Waals surface area contributed by atoms with Crippen molar-refractivity contribution in [1.29, 1.82) is 0 Å². The van der Waals surface area contributed by atoms with Crippen LogP contribution in [0.4, 0.5) is 0 Å². The van der Waals surface area contributed by atoms with E-state index in [1.807, 2.05) is 25.1 Å². The lowest BCUT2D eigenvalue weighted by atomic mass is 9.98. The van der Waals surface area contributed by atoms with Gasteiger partial charge in [-0.05, 0) is 55.2 Å². The molecule has 8 heteroatoms. The molecule has 2 heterocycles. The molecule has 0 N–H and O–H groups in total. The van der Waals surface area contributed by atoms with E-state index in [0.717, 1.165) is 12.0 Å². The molecule has 35 heavy (non-hydrogen) atoms. The molecule has 0 spiro atoms. The minimum Gasteiger partial charge on any atom is -0.490 e. The van der Waals surface area contributed by atoms with Crippen LogP contribution < -0.4 is 14.9 Å². The van der Waals surface area contributed by atoms with Gasteiger partial charge in [0.1, 0.15) is 5.58 Å². The zero-order valence-corrected chi connectivity index (χ0v) is 21.2. The Hall–Kier alpha value is -3.03. The molecule has 0 fully saturated rings. The summed E-state index contributed by atoms with van der Waals surface area (Å²) < 4.78 is 23.0. The van der Waals surface area contributed by atoms with Crippen molar-refractivity contribution in [3.05, 3.63) is 68.5 Å². The van der Waals surface area contributed by atoms with Crippen LogP contribution in [0.15, 0.2) is 45.6 Å². The topological polar surface area (TPSA) is 78.2 Å². The van der Waals surface area contributed by atoms with Crippen LogP contribution in [0.3, 0.4) is 0 Å². The maximum absolute atomic E-state index is 13.6. The van der Waals surface area contributed by atoms with Crippen molar-refractivity contribution in [1.82, 2.24) is 4.90 Å². The molecule has 1 atom stereocenters. The number of nitrogens with zero attached hydrogens (tertiary/aromatic N) is 1. The molecule has 1 amide bonds. The molecule has 1 unspecified atom stereocenters. The Morgan fingerprint density at radius 3 is 2.57 bits per heavy atom. The molecule has 7 nitrogen and oxygen atoms in total. The number of methoxy groups -OCH3 is 1. The van der Waals surface area contributed by atoms with Crippen LogP contribution in [0, 0.1) is 5.92 Å². The Morgan fingerprint density at radius 1 is 1.06 bits per heavy atom. The van der Waals surface area contributed by atoms with Gasteiger partial charge in [-0.3, -0.25) is 9.59 Å². The Labute approximate surface area is 209 Å². The van der Waals surface area contributed by atoms with Crippen LogP contribution in [-0.4, -0.2) is 44.3 Å². The number of carbonyl (C=O) groups excluding carboxylic acids is 1. The highest BCUT2D eigenvalue weighted by atomic mass is 35.5. The molecule has 0 aliphatic carbocycles. The predicted octanol–water partition coefficient (Wildman–Crippen LogP) is 5.46. The van der Waals surface area contributed by atoms with E-state index >= 15 is 0 Å². The molecule has 186 valence electrons. The quantitative estimate of drug-likeness (QED) is 0.368. The number of amides is 1. The average Bonchev–Trinajstić information content (AvgIpc) is 3.11. The van der Waals surface area contributed by atoms with Gasteiger partial charge in [0, 0.05) is 18.7 Å². The third-order valence-corrected chi connectivity index (χ3v) is 6.24. The van der Waals surface area contributed by atoms with Crippen LogP contribution >= 0.6 is 11.6 Å². The van der Waals surface area contributed by atoms with Crippen molar-refractivity contribution >= 4 is 28.5 Å². The Bertz CT molecular complexity index is 1280. The number of ether oxygens (including phenoxy) is 3. The molecule has 1 aliphatic rings. The third-order valence-electron chi connectivity index (χ3n) is 6.00. The van der Waals surface area contributed by atoms with E-state index in [4.69, 9.17) is 30.2 Å². The van der Waals surface area contributed by atoms with E-state index in [1.165, 1.54) is 0 Å². The van der Waals surface area contributed by atoms with E-state index < -0.39 is 6.04 Å². The molecule has 0 saturated carbocycles. The number of fused-ring (bicyclic) bond motifs is 2. The second-order valence-corrected chi connectivity index (χ2v) is 9.31. The lowest BCUT2D eigenvalue weighted by Gasteiger charge is -2.25. The zero-order valence-electron chi connectivity index (χ0n) is 20.4. The van der Waals surface area contributed by atoms with Crippen LogP contribution in [-0.2, 0) is 4.74 Å². The van der Waals surface area contributed by atoms with E-state index in [9.17, 15) is 9.59 Å². The minimum absolute atomic E-state index is 0.0427. The van der Waals surface area contributed by atoms with Crippen molar-refractivity contribution in [3.8, 4) is 11.5 Å². The molecule has 2 aromatic carbocycles. The van der Waals surface area contributed by atoms with E-state index in [-0.39, 0.29) is 29.2 Å². The van der Waals surface area contributed by atoms with Gasteiger partial charge < -0.3 is 23.5 Å². The Balaban J connectivity index is 1.83. The molecule has 0 bridgehead atoms. The van der Waals surface area contributed by atoms with Gasteiger partial charge in [0.15, 0.2) is 16.9 Å². The van der Waals surface area contributed by atoms with E-state index in [2.05, 4.69) is 13.8 Å². The summed E-state index contributed by atoms with van der Waals surface area (Å²) in [6.07, 6.45) is 0.916. The monoisotopic (exact) mass is 499 g/mol. The van der Waals surface area contributed by atoms with Crippen LogP contribution in [0.5, 0.6) is 11.5 Å². The van der Waals surface area contributed by atoms with Crippen molar-refractivity contribution in [3.63, 3.8) is 0 Å². The summed E-state index contributed by atoms with van der Waals surface area (Å²) in [6, 6.07) is 9.68. The first kappa shape index (κ1) is 25.1. The summed E-state index contributed by atoms with van der Waals surface area (Å²) in [5, 5.41) is 0.754. The summed E-state index contributed by atoms with van der Waals surface area (Å²) in [7, 11) is 1.57. The molecule has 0 radical (unpaired) electrons. The molecule has 3 aromatic rings. The van der Waals surface area contributed by atoms with E-state index in [1.54, 1.807) is 30.2 Å². The van der Waals surface area contributed by atoms with Gasteiger partial charge >= 0.3 is 0 Å². The fraction of sp³-hybridized carbons (Fsp3) is 0.407. The highest BCUT2D eigenvalue weighted by molar-refractivity contribution is 6.31. The van der Waals surface area contributed by atoms with Crippen molar-refractivity contribution in [2.24, 2.45) is 5.92 Å². The fourth-order valence-electron chi connectivity index (χ4n) is 4.25. The van der Waals surface area contributed by atoms with Crippen LogP contribution in [0.2, 0.25) is 5.02 Å². The van der Waals surface area contributed by atoms with Crippen molar-refractivity contribution in [2.75, 3.05) is 33.5 Å². The first-order valence-electron chi connectivity index (χ1n) is 11.8. The molecule has 4 rings (SSSR count). The lowest BCUT2D eigenvalue weighted by Crippen LogP contribution is -2.32. The highest BCUT2D eigenvalue weighted by Gasteiger charge is 2.42. The predicted molar refractivity (Wildman–Crippen MR) is 135 cm³/mol. The van der Waals surface area contributed by atoms with E-state index in [0.29, 0.717) is 53.2 Å². The fourth-order valence-corrected chi connectivity index (χ4v) is 4.42. The van der Waals surface area contributed by atoms with Crippen molar-refractivity contribution < 1.29 is 23.4 Å². The largest absolute Gasteiger partial charge is 0.490 e. The van der Waals surface area contributed by atoms with Crippen molar-refractivity contribution in [2.45, 2.75) is 33.2 Å². The maximum Gasteiger partial charge on any atom is 0.290 e. The second-order valence-electron chi connectivity index (χ2n) is 8.88. The molecule has 0 saturated heterocycles. The third kappa shape index (κ3) is 5.02. The number of hydrogen-bond donors (Lipinski definition) is 0. The van der Waals surface area contributed by atoms with Gasteiger partial charge in [-0.15, -0.1) is 0 Å². The van der Waals surface area contributed by atoms with Gasteiger partial charge in [0.2, 0.25) is 5.76 Å². The first-order chi connectivity index (χ1) is 16.8. The van der Waals surface area contributed by atoms with Crippen LogP contribution in [0.25, 0.3) is 11.0 Å². The Morgan fingerprint density at radius 2 is 1.86 bits per heavy atom. The summed E-state index contributed by atoms with van der Waals surface area (Å²) in [6.45, 7) is 7.79. The number of halogens is 1. The average molecular weight is 500 g/mol. The summed E-state index contributed by atoms with van der Waals surface area (Å²) in [4.78, 5) is 28.6. The number of rotatable bonds is 10. The smallest absolute Gasteiger partial charge is 0.290 e. The standard InChI is InChI=1S/C27H30ClNO6/c1-5-33-22-14-17(6-8-21(22)34-12-10-16(2)3)24-23-25(30)19-15-18(28)7-9-20(19)35-26(23)27(31)29(24)11-13-32-4/h6-9,14-16,24H,5,10-13H2,1-4H3. The van der Waals surface area contributed by atoms with Gasteiger partial charge in [-0.2, -0.15) is 0 Å². The summed E-state index contributed by atoms with van der Waals surface area (Å²) >= 11 is 6.15. The number of carbonyl (C=O) groups is 1. The molecule has 1 aliphatic heterocycles. The highest BCUT2D eigenvalue weighted by Crippen LogP contribution is 2.41. The van der Waals surface area contributed by atoms with Crippen LogP contribution in [0.1, 0.15) is 54.9 Å². The summed E-state index contributed by atoms with van der Waals surface area (Å²) in [5.41, 5.74) is 1.05. The zero-order chi connectivity index (χ0) is 25.1. The Kier molecular flexibility index (Phi) is 7.67. The normalized spacial score (nSPS) is 15.2. The van der Waals surface area contributed by atoms with Gasteiger partial charge in [-0.1, -0.05) is 31.5 Å². The first-order valence-corrected chi connectivity index (χ1v) is 12.2. The molecular formula is C27H30ClNO6. The number of hydrogen-bond acceptors (Lipinski definition) is 6. The second kappa shape index (κ2) is 10.7. The summed E-state index contributed by atoms with van der Waals surface area (Å²) in [5.74, 6) is 1.39. The number of benzene rings is 2. The molecule has 1 aromatic heterocycles. The minimum atomic E-state index is -0.656. The molecular weight excluding hydrogens is 470 g/mol. The van der Waals surface area contributed by atoms with Gasteiger partial charge in [0.25, 0.3) is 5.91 Å².